The van der Waals surface area contributed by atoms with Crippen LogP contribution in [0.15, 0.2) is 43.0 Å². The van der Waals surface area contributed by atoms with Crippen molar-refractivity contribution >= 4 is 23.4 Å². The van der Waals surface area contributed by atoms with E-state index in [1.165, 1.54) is 0 Å². The number of rotatable bonds is 6. The molecule has 1 aromatic carbocycles. The Kier molecular flexibility index (Phi) is 5.62. The number of aromatic nitrogens is 2. The van der Waals surface area contributed by atoms with Crippen molar-refractivity contribution in [2.75, 3.05) is 11.9 Å². The second-order valence-electron chi connectivity index (χ2n) is 6.14. The summed E-state index contributed by atoms with van der Waals surface area (Å²) in [5, 5.41) is 8.25. The molecule has 0 aliphatic carbocycles. The Balaban J connectivity index is 1.55. The standard InChI is InChI=1S/C18H21N5O3/c24-16(6-9-23-10-8-19-12-23)21-14-4-1-3-13(11-14)17(25)22-15-5-2-7-20-18(15)26/h1,3-4,8,10-12,15H,2,5-7,9H2,(H,20,26)(H,21,24)(H,22,25). The Morgan fingerprint density at radius 3 is 3.00 bits per heavy atom. The van der Waals surface area contributed by atoms with Crippen LogP contribution in [-0.4, -0.2) is 39.9 Å². The predicted octanol–water partition coefficient (Wildman–Crippen LogP) is 0.920. The van der Waals surface area contributed by atoms with Crippen molar-refractivity contribution in [3.05, 3.63) is 48.5 Å². The smallest absolute Gasteiger partial charge is 0.252 e. The lowest BCUT2D eigenvalue weighted by Crippen LogP contribution is -2.50. The zero-order valence-corrected chi connectivity index (χ0v) is 14.3. The van der Waals surface area contributed by atoms with Crippen molar-refractivity contribution in [3.63, 3.8) is 0 Å². The number of hydrogen-bond acceptors (Lipinski definition) is 4. The van der Waals surface area contributed by atoms with Crippen LogP contribution in [0.5, 0.6) is 0 Å². The van der Waals surface area contributed by atoms with E-state index < -0.39 is 6.04 Å². The van der Waals surface area contributed by atoms with Crippen LogP contribution in [-0.2, 0) is 16.1 Å². The number of anilines is 1. The van der Waals surface area contributed by atoms with Gasteiger partial charge in [-0.2, -0.15) is 0 Å². The maximum absolute atomic E-state index is 12.4. The average molecular weight is 355 g/mol. The summed E-state index contributed by atoms with van der Waals surface area (Å²) < 4.78 is 1.82. The van der Waals surface area contributed by atoms with Crippen LogP contribution in [0.1, 0.15) is 29.6 Å². The molecule has 26 heavy (non-hydrogen) atoms. The molecule has 1 saturated heterocycles. The molecule has 1 aliphatic rings. The van der Waals surface area contributed by atoms with E-state index in [0.29, 0.717) is 37.2 Å². The van der Waals surface area contributed by atoms with Crippen LogP contribution in [0.3, 0.4) is 0 Å². The van der Waals surface area contributed by atoms with Gasteiger partial charge < -0.3 is 20.5 Å². The van der Waals surface area contributed by atoms with Crippen LogP contribution < -0.4 is 16.0 Å². The first-order chi connectivity index (χ1) is 12.6. The van der Waals surface area contributed by atoms with Gasteiger partial charge in [0, 0.05) is 43.2 Å². The Morgan fingerprint density at radius 2 is 2.23 bits per heavy atom. The van der Waals surface area contributed by atoms with E-state index in [0.717, 1.165) is 6.42 Å². The highest BCUT2D eigenvalue weighted by molar-refractivity contribution is 5.99. The zero-order valence-electron chi connectivity index (χ0n) is 14.3. The molecule has 0 bridgehead atoms. The summed E-state index contributed by atoms with van der Waals surface area (Å²) in [4.78, 5) is 40.1. The number of imidazole rings is 1. The highest BCUT2D eigenvalue weighted by Gasteiger charge is 2.24. The van der Waals surface area contributed by atoms with E-state index in [-0.39, 0.29) is 17.7 Å². The fraction of sp³-hybridized carbons (Fsp3) is 0.333. The second kappa shape index (κ2) is 8.28. The number of amides is 3. The topological polar surface area (TPSA) is 105 Å². The molecule has 3 rings (SSSR count). The predicted molar refractivity (Wildman–Crippen MR) is 95.4 cm³/mol. The molecule has 3 amide bonds. The van der Waals surface area contributed by atoms with Gasteiger partial charge >= 0.3 is 0 Å². The number of carbonyl (C=O) groups excluding carboxylic acids is 3. The van der Waals surface area contributed by atoms with Gasteiger partial charge in [-0.3, -0.25) is 14.4 Å². The molecule has 1 aromatic heterocycles. The molecule has 3 N–H and O–H groups in total. The Morgan fingerprint density at radius 1 is 1.35 bits per heavy atom. The van der Waals surface area contributed by atoms with Crippen molar-refractivity contribution in [2.24, 2.45) is 0 Å². The van der Waals surface area contributed by atoms with Crippen LogP contribution >= 0.6 is 0 Å². The highest BCUT2D eigenvalue weighted by atomic mass is 16.2. The Bertz CT molecular complexity index is 788. The normalized spacial score (nSPS) is 16.6. The third-order valence-corrected chi connectivity index (χ3v) is 4.16. The summed E-state index contributed by atoms with van der Waals surface area (Å²) in [6, 6.07) is 6.16. The molecular formula is C18H21N5O3. The summed E-state index contributed by atoms with van der Waals surface area (Å²) in [6.07, 6.45) is 6.87. The lowest BCUT2D eigenvalue weighted by atomic mass is 10.1. The Hall–Kier alpha value is -3.16. The van der Waals surface area contributed by atoms with Crippen molar-refractivity contribution in [2.45, 2.75) is 31.8 Å². The van der Waals surface area contributed by atoms with E-state index >= 15 is 0 Å². The quantitative estimate of drug-likeness (QED) is 0.716. The lowest BCUT2D eigenvalue weighted by molar-refractivity contribution is -0.124. The van der Waals surface area contributed by atoms with Crippen LogP contribution in [0.25, 0.3) is 0 Å². The summed E-state index contributed by atoms with van der Waals surface area (Å²) >= 11 is 0. The van der Waals surface area contributed by atoms with E-state index in [2.05, 4.69) is 20.9 Å². The van der Waals surface area contributed by atoms with Crippen molar-refractivity contribution in [3.8, 4) is 0 Å². The Labute approximate surface area is 151 Å². The third-order valence-electron chi connectivity index (χ3n) is 4.16. The maximum atomic E-state index is 12.4. The van der Waals surface area contributed by atoms with Gasteiger partial charge in [0.25, 0.3) is 5.91 Å². The summed E-state index contributed by atoms with van der Waals surface area (Å²) in [5.74, 6) is -0.641. The molecule has 1 atom stereocenters. The number of aryl methyl sites for hydroxylation is 1. The lowest BCUT2D eigenvalue weighted by Gasteiger charge is -2.22. The molecule has 0 spiro atoms. The van der Waals surface area contributed by atoms with Crippen LogP contribution in [0, 0.1) is 0 Å². The molecule has 8 heteroatoms. The number of hydrogen-bond donors (Lipinski definition) is 3. The average Bonchev–Trinajstić information content (AvgIpc) is 3.16. The molecule has 1 unspecified atom stereocenters. The molecule has 8 nitrogen and oxygen atoms in total. The molecule has 0 radical (unpaired) electrons. The van der Waals surface area contributed by atoms with Crippen LogP contribution in [0.2, 0.25) is 0 Å². The number of piperidine rings is 1. The molecule has 1 fully saturated rings. The van der Waals surface area contributed by atoms with E-state index in [1.807, 2.05) is 4.57 Å². The summed E-state index contributed by atoms with van der Waals surface area (Å²) in [5.41, 5.74) is 0.942. The van der Waals surface area contributed by atoms with Gasteiger partial charge in [-0.1, -0.05) is 6.07 Å². The molecule has 136 valence electrons. The second-order valence-corrected chi connectivity index (χ2v) is 6.14. The molecule has 0 saturated carbocycles. The molecule has 2 heterocycles. The van der Waals surface area contributed by atoms with Gasteiger partial charge in [0.2, 0.25) is 11.8 Å². The summed E-state index contributed by atoms with van der Waals surface area (Å²) in [7, 11) is 0. The first kappa shape index (κ1) is 17.7. The highest BCUT2D eigenvalue weighted by Crippen LogP contribution is 2.12. The van der Waals surface area contributed by atoms with Gasteiger partial charge in [-0.25, -0.2) is 4.98 Å². The largest absolute Gasteiger partial charge is 0.354 e. The molecule has 1 aliphatic heterocycles. The monoisotopic (exact) mass is 355 g/mol. The maximum Gasteiger partial charge on any atom is 0.252 e. The third kappa shape index (κ3) is 4.69. The fourth-order valence-electron chi connectivity index (χ4n) is 2.76. The van der Waals surface area contributed by atoms with Gasteiger partial charge in [-0.15, -0.1) is 0 Å². The number of carbonyl (C=O) groups is 3. The van der Waals surface area contributed by atoms with Gasteiger partial charge in [0.1, 0.15) is 6.04 Å². The zero-order chi connectivity index (χ0) is 18.4. The fourth-order valence-corrected chi connectivity index (χ4v) is 2.76. The summed E-state index contributed by atoms with van der Waals surface area (Å²) in [6.45, 7) is 1.18. The number of nitrogens with zero attached hydrogens (tertiary/aromatic N) is 2. The van der Waals surface area contributed by atoms with Crippen molar-refractivity contribution < 1.29 is 14.4 Å². The number of benzene rings is 1. The van der Waals surface area contributed by atoms with Crippen molar-refractivity contribution in [1.82, 2.24) is 20.2 Å². The number of nitrogens with one attached hydrogen (secondary N) is 3. The SMILES string of the molecule is O=C(CCn1ccnc1)Nc1cccc(C(=O)NC2CCCNC2=O)c1. The molecule has 2 aromatic rings. The van der Waals surface area contributed by atoms with E-state index in [4.69, 9.17) is 0 Å². The van der Waals surface area contributed by atoms with Gasteiger partial charge in [0.05, 0.1) is 6.33 Å². The minimum atomic E-state index is -0.510. The minimum Gasteiger partial charge on any atom is -0.354 e. The van der Waals surface area contributed by atoms with E-state index in [9.17, 15) is 14.4 Å². The van der Waals surface area contributed by atoms with Gasteiger partial charge in [-0.05, 0) is 31.0 Å². The van der Waals surface area contributed by atoms with Crippen LogP contribution in [0.4, 0.5) is 5.69 Å². The molecular weight excluding hydrogens is 334 g/mol. The van der Waals surface area contributed by atoms with E-state index in [1.54, 1.807) is 43.0 Å². The first-order valence-electron chi connectivity index (χ1n) is 8.56. The van der Waals surface area contributed by atoms with Gasteiger partial charge in [0.15, 0.2) is 0 Å². The minimum absolute atomic E-state index is 0.150. The first-order valence-corrected chi connectivity index (χ1v) is 8.56. The van der Waals surface area contributed by atoms with Crippen molar-refractivity contribution in [1.29, 1.82) is 0 Å².